The quantitative estimate of drug-likeness (QED) is 0.0294. The van der Waals surface area contributed by atoms with E-state index >= 15 is 0 Å². The number of hydrogen-bond donors (Lipinski definition) is 35. The molecule has 0 aliphatic carbocycles. The third kappa shape index (κ3) is 23.1. The van der Waals surface area contributed by atoms with Crippen LogP contribution >= 0.6 is 0 Å². The predicted octanol–water partition coefficient (Wildman–Crippen LogP) is -20.8. The first-order chi connectivity index (χ1) is 66.6. The van der Waals surface area contributed by atoms with Crippen molar-refractivity contribution in [3.05, 3.63) is 41.5 Å². The molecule has 56 atom stereocenters. The topological polar surface area (TPSA) is 921 Å². The molecule has 59 nitrogen and oxygen atoms in total. The maximum Gasteiger partial charge on any atom is 0.229 e. The van der Waals surface area contributed by atoms with Crippen molar-refractivity contribution in [1.29, 1.82) is 0 Å². The lowest BCUT2D eigenvalue weighted by Crippen LogP contribution is -2.69. The highest BCUT2D eigenvalue weighted by Gasteiger charge is 2.63. The molecule has 12 aliphatic heterocycles. The average Bonchev–Trinajstić information content (AvgIpc) is 1.01. The van der Waals surface area contributed by atoms with Crippen LogP contribution in [0.15, 0.2) is 35.9 Å². The molecule has 35 N–H and O–H groups in total. The maximum absolute atomic E-state index is 11.8. The fourth-order valence-electron chi connectivity index (χ4n) is 18.8. The predicted molar refractivity (Wildman–Crippen MR) is 433 cm³/mol. The summed E-state index contributed by atoms with van der Waals surface area (Å²) in [5.74, 6) is -0.377. The van der Waals surface area contributed by atoms with Gasteiger partial charge in [-0.2, -0.15) is 0 Å². The number of ether oxygens (including phenoxy) is 24. The molecule has 12 heterocycles. The minimum Gasteiger partial charge on any atom is -0.506 e. The van der Waals surface area contributed by atoms with E-state index in [1.165, 1.54) is 12.1 Å². The monoisotopic (exact) mass is 2050 g/mol. The summed E-state index contributed by atoms with van der Waals surface area (Å²) in [6.45, 7) is -8.03. The first kappa shape index (κ1) is 113. The zero-order valence-electron chi connectivity index (χ0n) is 75.1. The minimum atomic E-state index is -2.35. The van der Waals surface area contributed by atoms with Crippen LogP contribution in [0, 0.1) is 5.41 Å². The minimum absolute atomic E-state index is 0.152. The van der Waals surface area contributed by atoms with Crippen molar-refractivity contribution < 1.29 is 287 Å². The number of aliphatic hydroxyl groups excluding tert-OH is 34. The van der Waals surface area contributed by atoms with Crippen LogP contribution < -0.4 is 10.1 Å². The van der Waals surface area contributed by atoms with Crippen LogP contribution in [0.2, 0.25) is 0 Å². The molecule has 1 aromatic rings. The third-order valence-electron chi connectivity index (χ3n) is 27.1. The molecule has 0 amide bonds. The van der Waals surface area contributed by atoms with E-state index in [2.05, 4.69) is 5.32 Å². The van der Waals surface area contributed by atoms with Gasteiger partial charge in [-0.25, -0.2) is 0 Å². The summed E-state index contributed by atoms with van der Waals surface area (Å²) in [6.07, 6.45) is -109. The van der Waals surface area contributed by atoms with Gasteiger partial charge in [0.1, 0.15) is 274 Å². The van der Waals surface area contributed by atoms with E-state index in [0.29, 0.717) is 6.42 Å². The van der Waals surface area contributed by atoms with Crippen molar-refractivity contribution >= 4 is 0 Å². The Labute approximate surface area is 793 Å². The lowest BCUT2D eigenvalue weighted by molar-refractivity contribution is -0.401. The second-order valence-electron chi connectivity index (χ2n) is 36.3. The van der Waals surface area contributed by atoms with Gasteiger partial charge in [-0.1, -0.05) is 26.0 Å². The molecule has 808 valence electrons. The van der Waals surface area contributed by atoms with Crippen LogP contribution in [-0.4, -0.2) is 604 Å². The highest BCUT2D eigenvalue weighted by Crippen LogP contribution is 2.44. The molecular weight excluding hydrogens is 1910 g/mol. The van der Waals surface area contributed by atoms with Crippen LogP contribution in [0.1, 0.15) is 19.4 Å². The maximum atomic E-state index is 11.8. The van der Waals surface area contributed by atoms with Gasteiger partial charge in [0, 0.05) is 25.7 Å². The SMILES string of the molecule is COC1C(CO)OC(OC2C(CO)OC(OC3C(CO)OC(OC4C(CO)OC(OC5C(CO)OC(OC6C(CO)OC(OC7C(CO)OC(OC8C(CO)OC(OC9C(CO)OC(OC%10C(CO)OC(OC%11C(CO)OC(Oc%12ccc(CC%13NC(O)=C(O)C%13(C)C)cc%12)C(O)C%11O)C(OC)C%10O)C(O)C9O)C(O)C8O)C(O)C7O)C(O)C6O)C(O)C5O)C(O)C4O)C(O)C3O)C(O)C2O)C(O)C1O. The van der Waals surface area contributed by atoms with E-state index in [-0.39, 0.29) is 23.4 Å². The van der Waals surface area contributed by atoms with Gasteiger partial charge >= 0.3 is 0 Å². The fraction of sp³-hybridized carbons (Fsp3) is 0.901. The van der Waals surface area contributed by atoms with Gasteiger partial charge in [-0.05, 0) is 24.1 Å². The van der Waals surface area contributed by atoms with Gasteiger partial charge in [-0.3, -0.25) is 0 Å². The van der Waals surface area contributed by atoms with E-state index in [9.17, 15) is 174 Å². The van der Waals surface area contributed by atoms with Gasteiger partial charge in [0.2, 0.25) is 12.2 Å². The molecule has 0 spiro atoms. The zero-order valence-corrected chi connectivity index (χ0v) is 75.1. The first-order valence-corrected chi connectivity index (χ1v) is 45.0. The standard InChI is InChI=1S/C81H131NO58/c1-81(2)34(82-69(116)68(81)115)9-21-5-7-22(8-6-21)119-70-46(105)36(95)65(32(19-92)121-70)140-80-67(118-4)55(114)66(33(20-93)130-80)139-79-54(113)44(103)64(31(18-91)129-79)138-78-53(112)43(102)63(30(17-90)128-78)137-77-52(111)42(101)62(29(16-89)127-77)136-76-51(110)41(100)61(28(15-88)126-76)135-75-50(109)40(99)60(27(14-87)125-75)134-74-49(108)39(98)59(26(13-86)124-74)133-73-48(107)38(97)58(25(12-85)123-73)132-72-47(106)37(96)57(24(11-84)122-72)131-71-45(104)35(94)56(117-3)23(10-83)120-71/h5-8,23-67,70-80,82-116H,9-20H2,1-4H3. The smallest absolute Gasteiger partial charge is 0.229 e. The summed E-state index contributed by atoms with van der Waals surface area (Å²) < 4.78 is 137. The summed E-state index contributed by atoms with van der Waals surface area (Å²) in [5, 5.41) is 378. The number of benzene rings is 1. The molecule has 12 aliphatic rings. The molecule has 13 rings (SSSR count). The van der Waals surface area contributed by atoms with Crippen LogP contribution in [0.25, 0.3) is 0 Å². The summed E-state index contributed by atoms with van der Waals surface area (Å²) in [7, 11) is 2.24. The van der Waals surface area contributed by atoms with E-state index in [1.807, 2.05) is 0 Å². The van der Waals surface area contributed by atoms with Gasteiger partial charge < -0.3 is 293 Å². The van der Waals surface area contributed by atoms with Gasteiger partial charge in [-0.15, -0.1) is 0 Å². The Morgan fingerprint density at radius 1 is 0.236 bits per heavy atom. The van der Waals surface area contributed by atoms with Crippen molar-refractivity contribution in [2.24, 2.45) is 5.41 Å². The molecule has 140 heavy (non-hydrogen) atoms. The lowest BCUT2D eigenvalue weighted by Gasteiger charge is -2.50. The molecule has 0 radical (unpaired) electrons. The number of hydrogen-bond acceptors (Lipinski definition) is 59. The Morgan fingerprint density at radius 2 is 0.414 bits per heavy atom. The highest BCUT2D eigenvalue weighted by atomic mass is 16.8. The lowest BCUT2D eigenvalue weighted by atomic mass is 9.82. The molecule has 0 aromatic heterocycles. The van der Waals surface area contributed by atoms with Crippen LogP contribution in [0.4, 0.5) is 0 Å². The summed E-state index contributed by atoms with van der Waals surface area (Å²) in [5.41, 5.74) is -0.0463. The molecular formula is C81H131NO58. The number of aliphatic hydroxyl groups is 34. The Bertz CT molecular complexity index is 3940. The molecule has 11 saturated heterocycles. The van der Waals surface area contributed by atoms with Crippen molar-refractivity contribution in [1.82, 2.24) is 5.32 Å². The summed E-state index contributed by atoms with van der Waals surface area (Å²) in [4.78, 5) is 0. The first-order valence-electron chi connectivity index (χ1n) is 45.0. The van der Waals surface area contributed by atoms with Crippen molar-refractivity contribution in [3.63, 3.8) is 0 Å². The third-order valence-corrected chi connectivity index (χ3v) is 27.1. The van der Waals surface area contributed by atoms with E-state index < -0.39 is 416 Å². The Kier molecular flexibility index (Phi) is 39.4. The second kappa shape index (κ2) is 48.7. The van der Waals surface area contributed by atoms with Gasteiger partial charge in [0.15, 0.2) is 68.7 Å². The number of nitrogens with one attached hydrogen (secondary N) is 1. The molecule has 1 aromatic carbocycles. The zero-order chi connectivity index (χ0) is 102. The Morgan fingerprint density at radius 3 is 0.614 bits per heavy atom. The van der Waals surface area contributed by atoms with Crippen LogP contribution in [-0.2, 0) is 115 Å². The van der Waals surface area contributed by atoms with Crippen molar-refractivity contribution in [3.8, 4) is 5.75 Å². The largest absolute Gasteiger partial charge is 0.506 e. The summed E-state index contributed by atoms with van der Waals surface area (Å²) >= 11 is 0. The van der Waals surface area contributed by atoms with E-state index in [4.69, 9.17) is 114 Å². The average molecular weight is 2050 g/mol. The normalized spacial score (nSPS) is 49.8. The molecule has 0 saturated carbocycles. The van der Waals surface area contributed by atoms with E-state index in [1.54, 1.807) is 26.0 Å². The Hall–Kier alpha value is -4.04. The molecule has 0 bridgehead atoms. The van der Waals surface area contributed by atoms with Crippen LogP contribution in [0.3, 0.4) is 0 Å². The number of rotatable bonds is 37. The molecule has 56 unspecified atom stereocenters. The van der Waals surface area contributed by atoms with Gasteiger partial charge in [0.25, 0.3) is 0 Å². The number of methoxy groups -OCH3 is 2. The second-order valence-corrected chi connectivity index (χ2v) is 36.3. The van der Waals surface area contributed by atoms with Crippen molar-refractivity contribution in [2.75, 3.05) is 86.9 Å². The fourth-order valence-corrected chi connectivity index (χ4v) is 18.8. The molecule has 59 heteroatoms. The summed E-state index contributed by atoms with van der Waals surface area (Å²) in [6, 6.07) is 6.03. The highest BCUT2D eigenvalue weighted by molar-refractivity contribution is 5.30. The Balaban J connectivity index is 0.564. The van der Waals surface area contributed by atoms with Crippen molar-refractivity contribution in [2.45, 2.75) is 364 Å². The van der Waals surface area contributed by atoms with Gasteiger partial charge in [0.05, 0.1) is 72.7 Å². The molecule has 11 fully saturated rings. The van der Waals surface area contributed by atoms with Crippen LogP contribution in [0.5, 0.6) is 5.75 Å². The van der Waals surface area contributed by atoms with E-state index in [0.717, 1.165) is 19.8 Å².